The average Bonchev–Trinajstić information content (AvgIpc) is 2.50. The summed E-state index contributed by atoms with van der Waals surface area (Å²) in [4.78, 5) is 3.89. The highest BCUT2D eigenvalue weighted by atomic mass is 32.2. The van der Waals surface area contributed by atoms with Crippen molar-refractivity contribution >= 4 is 9.84 Å². The van der Waals surface area contributed by atoms with Crippen molar-refractivity contribution < 1.29 is 13.5 Å². The Labute approximate surface area is 94.4 Å². The Hall–Kier alpha value is -0.980. The van der Waals surface area contributed by atoms with E-state index in [1.807, 2.05) is 12.1 Å². The number of pyridine rings is 1. The summed E-state index contributed by atoms with van der Waals surface area (Å²) in [6.45, 7) is 0.541. The molecule has 5 nitrogen and oxygen atoms in total. The summed E-state index contributed by atoms with van der Waals surface area (Å²) in [6, 6.07) is 3.34. The Morgan fingerprint density at radius 1 is 1.38 bits per heavy atom. The van der Waals surface area contributed by atoms with Crippen LogP contribution in [0.25, 0.3) is 0 Å². The van der Waals surface area contributed by atoms with Gasteiger partial charge in [-0.3, -0.25) is 4.98 Å². The van der Waals surface area contributed by atoms with Gasteiger partial charge in [-0.2, -0.15) is 0 Å². The van der Waals surface area contributed by atoms with Gasteiger partial charge in [0.1, 0.15) is 0 Å². The lowest BCUT2D eigenvalue weighted by molar-refractivity contribution is 0.165. The molecule has 0 aliphatic carbocycles. The summed E-state index contributed by atoms with van der Waals surface area (Å²) < 4.78 is 22.5. The summed E-state index contributed by atoms with van der Waals surface area (Å²) in [5, 5.41) is 12.6. The van der Waals surface area contributed by atoms with E-state index >= 15 is 0 Å². The van der Waals surface area contributed by atoms with Crippen LogP contribution in [0.5, 0.6) is 0 Å². The molecule has 2 heterocycles. The van der Waals surface area contributed by atoms with E-state index in [9.17, 15) is 13.5 Å². The molecule has 1 aliphatic heterocycles. The fourth-order valence-corrected chi connectivity index (χ4v) is 3.55. The standard InChI is InChI=1S/C10H14N2O3S/c13-10-7-16(14,15)6-9(10)12-5-8-1-3-11-4-2-8/h1-4,9-10,12-13H,5-7H2. The number of nitrogens with one attached hydrogen (secondary N) is 1. The molecule has 0 saturated carbocycles. The molecule has 6 heteroatoms. The predicted octanol–water partition coefficient (Wildman–Crippen LogP) is -0.671. The van der Waals surface area contributed by atoms with E-state index < -0.39 is 15.9 Å². The lowest BCUT2D eigenvalue weighted by atomic mass is 10.2. The van der Waals surface area contributed by atoms with E-state index in [1.165, 1.54) is 0 Å². The lowest BCUT2D eigenvalue weighted by Crippen LogP contribution is -2.38. The third kappa shape index (κ3) is 2.78. The van der Waals surface area contributed by atoms with Gasteiger partial charge in [-0.1, -0.05) is 0 Å². The number of sulfone groups is 1. The van der Waals surface area contributed by atoms with E-state index in [2.05, 4.69) is 10.3 Å². The van der Waals surface area contributed by atoms with Crippen molar-refractivity contribution in [3.05, 3.63) is 30.1 Å². The second kappa shape index (κ2) is 4.48. The second-order valence-electron chi connectivity index (χ2n) is 3.99. The van der Waals surface area contributed by atoms with Crippen LogP contribution in [-0.4, -0.2) is 42.2 Å². The molecule has 16 heavy (non-hydrogen) atoms. The number of hydrogen-bond donors (Lipinski definition) is 2. The maximum atomic E-state index is 11.3. The van der Waals surface area contributed by atoms with Gasteiger partial charge in [-0.05, 0) is 17.7 Å². The van der Waals surface area contributed by atoms with Crippen LogP contribution < -0.4 is 5.32 Å². The van der Waals surface area contributed by atoms with E-state index in [1.54, 1.807) is 12.4 Å². The van der Waals surface area contributed by atoms with Crippen molar-refractivity contribution in [2.75, 3.05) is 11.5 Å². The first-order valence-electron chi connectivity index (χ1n) is 5.07. The molecule has 1 aliphatic rings. The van der Waals surface area contributed by atoms with Crippen LogP contribution in [0.15, 0.2) is 24.5 Å². The van der Waals surface area contributed by atoms with E-state index in [0.717, 1.165) is 5.56 Å². The van der Waals surface area contributed by atoms with Gasteiger partial charge in [0, 0.05) is 25.0 Å². The van der Waals surface area contributed by atoms with Crippen LogP contribution >= 0.6 is 0 Å². The summed E-state index contributed by atoms with van der Waals surface area (Å²) in [7, 11) is -3.07. The Kier molecular flexibility index (Phi) is 3.22. The average molecular weight is 242 g/mol. The van der Waals surface area contributed by atoms with Gasteiger partial charge in [0.25, 0.3) is 0 Å². The molecule has 2 rings (SSSR count). The van der Waals surface area contributed by atoms with Crippen LogP contribution in [0, 0.1) is 0 Å². The molecule has 1 aromatic rings. The largest absolute Gasteiger partial charge is 0.390 e. The van der Waals surface area contributed by atoms with Crippen LogP contribution in [0.4, 0.5) is 0 Å². The van der Waals surface area contributed by atoms with Gasteiger partial charge >= 0.3 is 0 Å². The molecule has 1 aromatic heterocycles. The smallest absolute Gasteiger partial charge is 0.154 e. The minimum absolute atomic E-state index is 0.0131. The molecule has 2 N–H and O–H groups in total. The highest BCUT2D eigenvalue weighted by molar-refractivity contribution is 7.91. The van der Waals surface area contributed by atoms with Crippen LogP contribution in [-0.2, 0) is 16.4 Å². The number of aliphatic hydroxyl groups excluding tert-OH is 1. The summed E-state index contributed by atoms with van der Waals surface area (Å²) in [5.41, 5.74) is 1.02. The lowest BCUT2D eigenvalue weighted by Gasteiger charge is -2.14. The van der Waals surface area contributed by atoms with Crippen LogP contribution in [0.2, 0.25) is 0 Å². The molecule has 0 spiro atoms. The van der Waals surface area contributed by atoms with Crippen molar-refractivity contribution in [1.29, 1.82) is 0 Å². The molecule has 1 saturated heterocycles. The molecule has 88 valence electrons. The molecule has 0 bridgehead atoms. The number of aromatic nitrogens is 1. The molecule has 0 amide bonds. The van der Waals surface area contributed by atoms with Gasteiger partial charge in [0.2, 0.25) is 0 Å². The summed E-state index contributed by atoms with van der Waals surface area (Å²) in [5.74, 6) is -0.125. The minimum Gasteiger partial charge on any atom is -0.390 e. The van der Waals surface area contributed by atoms with Crippen molar-refractivity contribution in [2.24, 2.45) is 0 Å². The molecule has 0 aromatic carbocycles. The number of hydrogen-bond acceptors (Lipinski definition) is 5. The summed E-state index contributed by atoms with van der Waals surface area (Å²) >= 11 is 0. The maximum absolute atomic E-state index is 11.3. The van der Waals surface area contributed by atoms with Gasteiger partial charge in [-0.15, -0.1) is 0 Å². The van der Waals surface area contributed by atoms with Crippen molar-refractivity contribution in [3.63, 3.8) is 0 Å². The fraction of sp³-hybridized carbons (Fsp3) is 0.500. The summed E-state index contributed by atoms with van der Waals surface area (Å²) in [6.07, 6.45) is 2.56. The van der Waals surface area contributed by atoms with Crippen molar-refractivity contribution in [1.82, 2.24) is 10.3 Å². The Bertz CT molecular complexity index is 446. The highest BCUT2D eigenvalue weighted by Gasteiger charge is 2.35. The third-order valence-corrected chi connectivity index (χ3v) is 4.36. The second-order valence-corrected chi connectivity index (χ2v) is 6.14. The normalized spacial score (nSPS) is 28.1. The van der Waals surface area contributed by atoms with Crippen molar-refractivity contribution in [2.45, 2.75) is 18.7 Å². The molecule has 0 radical (unpaired) electrons. The monoisotopic (exact) mass is 242 g/mol. The molecular weight excluding hydrogens is 228 g/mol. The Morgan fingerprint density at radius 3 is 2.62 bits per heavy atom. The topological polar surface area (TPSA) is 79.3 Å². The first kappa shape index (κ1) is 11.5. The quantitative estimate of drug-likeness (QED) is 0.735. The minimum atomic E-state index is -3.07. The fourth-order valence-electron chi connectivity index (χ4n) is 1.77. The first-order valence-corrected chi connectivity index (χ1v) is 6.90. The van der Waals surface area contributed by atoms with E-state index in [0.29, 0.717) is 6.54 Å². The predicted molar refractivity (Wildman–Crippen MR) is 59.5 cm³/mol. The van der Waals surface area contributed by atoms with Gasteiger partial charge in [0.15, 0.2) is 9.84 Å². The molecule has 1 fully saturated rings. The van der Waals surface area contributed by atoms with Gasteiger partial charge in [-0.25, -0.2) is 8.42 Å². The van der Waals surface area contributed by atoms with Gasteiger partial charge < -0.3 is 10.4 Å². The molecule has 2 atom stereocenters. The maximum Gasteiger partial charge on any atom is 0.154 e. The third-order valence-electron chi connectivity index (χ3n) is 2.64. The zero-order valence-corrected chi connectivity index (χ0v) is 9.52. The number of rotatable bonds is 3. The Balaban J connectivity index is 1.92. The first-order chi connectivity index (χ1) is 7.57. The SMILES string of the molecule is O=S1(=O)CC(O)C(NCc2ccncc2)C1. The number of nitrogens with zero attached hydrogens (tertiary/aromatic N) is 1. The van der Waals surface area contributed by atoms with Gasteiger partial charge in [0.05, 0.1) is 17.6 Å². The Morgan fingerprint density at radius 2 is 2.06 bits per heavy atom. The van der Waals surface area contributed by atoms with E-state index in [-0.39, 0.29) is 17.5 Å². The molecule has 2 unspecified atom stereocenters. The number of aliphatic hydroxyl groups is 1. The zero-order valence-electron chi connectivity index (χ0n) is 8.70. The van der Waals surface area contributed by atoms with Crippen LogP contribution in [0.3, 0.4) is 0 Å². The zero-order chi connectivity index (χ0) is 11.6. The van der Waals surface area contributed by atoms with Crippen LogP contribution in [0.1, 0.15) is 5.56 Å². The molecular formula is C10H14N2O3S. The van der Waals surface area contributed by atoms with E-state index in [4.69, 9.17) is 0 Å². The highest BCUT2D eigenvalue weighted by Crippen LogP contribution is 2.13. The van der Waals surface area contributed by atoms with Crippen molar-refractivity contribution in [3.8, 4) is 0 Å².